The predicted molar refractivity (Wildman–Crippen MR) is 131 cm³/mol. The van der Waals surface area contributed by atoms with Gasteiger partial charge in [0.1, 0.15) is 30.8 Å². The molecule has 35 heavy (non-hydrogen) atoms. The number of aromatic nitrogens is 4. The first kappa shape index (κ1) is 22.3. The molecule has 8 nitrogen and oxygen atoms in total. The Morgan fingerprint density at radius 3 is 2.46 bits per heavy atom. The molecule has 0 aliphatic heterocycles. The van der Waals surface area contributed by atoms with Crippen molar-refractivity contribution in [1.82, 2.24) is 25.2 Å². The van der Waals surface area contributed by atoms with Crippen LogP contribution < -0.4 is 10.1 Å². The first-order valence-electron chi connectivity index (χ1n) is 11.3. The van der Waals surface area contributed by atoms with Crippen LogP contribution in [0.25, 0.3) is 10.8 Å². The number of fused-ring (bicyclic) bond motifs is 1. The van der Waals surface area contributed by atoms with Crippen molar-refractivity contribution in [2.75, 3.05) is 0 Å². The van der Waals surface area contributed by atoms with Crippen LogP contribution in [0.3, 0.4) is 0 Å². The lowest BCUT2D eigenvalue weighted by molar-refractivity contribution is 0.0946. The van der Waals surface area contributed by atoms with Gasteiger partial charge in [-0.3, -0.25) is 4.79 Å². The van der Waals surface area contributed by atoms with Gasteiger partial charge in [0.15, 0.2) is 0 Å². The number of aryl methyl sites for hydroxylation is 2. The summed E-state index contributed by atoms with van der Waals surface area (Å²) >= 11 is 0. The first-order valence-corrected chi connectivity index (χ1v) is 11.3. The molecule has 176 valence electrons. The molecule has 0 aliphatic carbocycles. The molecular formula is C27H25N5O3. The van der Waals surface area contributed by atoms with E-state index in [4.69, 9.17) is 9.26 Å². The minimum Gasteiger partial charge on any atom is -0.488 e. The Bertz CT molecular complexity index is 1440. The second-order valence-corrected chi connectivity index (χ2v) is 8.38. The van der Waals surface area contributed by atoms with Gasteiger partial charge in [-0.05, 0) is 47.9 Å². The predicted octanol–water partition coefficient (Wildman–Crippen LogP) is 4.59. The number of amides is 1. The van der Waals surface area contributed by atoms with E-state index in [0.29, 0.717) is 30.2 Å². The van der Waals surface area contributed by atoms with E-state index in [1.54, 1.807) is 11.0 Å². The van der Waals surface area contributed by atoms with Gasteiger partial charge in [0.25, 0.3) is 5.91 Å². The molecule has 0 unspecified atom stereocenters. The largest absolute Gasteiger partial charge is 0.488 e. The number of benzene rings is 3. The molecule has 1 amide bonds. The van der Waals surface area contributed by atoms with Crippen LogP contribution in [0.1, 0.15) is 38.5 Å². The molecule has 5 rings (SSSR count). The number of hydrogen-bond acceptors (Lipinski definition) is 6. The number of nitrogens with zero attached hydrogens (tertiary/aromatic N) is 4. The standard InChI is InChI=1S/C27H25N5O3/c1-18-25(19(2)35-31-18)15-34-26-12-23-6-4-3-5-22(23)11-24(26)27(33)29-13-20-7-9-21(10-8-20)14-32-17-28-16-30-32/h3-12,16-17H,13-15H2,1-2H3,(H,29,33). The first-order chi connectivity index (χ1) is 17.1. The zero-order valence-corrected chi connectivity index (χ0v) is 19.6. The van der Waals surface area contributed by atoms with Gasteiger partial charge >= 0.3 is 0 Å². The van der Waals surface area contributed by atoms with E-state index in [1.165, 1.54) is 6.33 Å². The van der Waals surface area contributed by atoms with Crippen molar-refractivity contribution in [3.63, 3.8) is 0 Å². The van der Waals surface area contributed by atoms with Crippen LogP contribution in [-0.2, 0) is 19.7 Å². The fraction of sp³-hybridized carbons (Fsp3) is 0.185. The summed E-state index contributed by atoms with van der Waals surface area (Å²) in [5.74, 6) is 1.03. The topological polar surface area (TPSA) is 95.1 Å². The van der Waals surface area contributed by atoms with E-state index in [-0.39, 0.29) is 12.5 Å². The number of nitrogens with one attached hydrogen (secondary N) is 1. The number of carbonyl (C=O) groups excluding carboxylic acids is 1. The lowest BCUT2D eigenvalue weighted by Crippen LogP contribution is -2.23. The van der Waals surface area contributed by atoms with Gasteiger partial charge < -0.3 is 14.6 Å². The zero-order chi connectivity index (χ0) is 24.2. The van der Waals surface area contributed by atoms with Crippen LogP contribution in [0.2, 0.25) is 0 Å². The summed E-state index contributed by atoms with van der Waals surface area (Å²) in [6, 6.07) is 19.7. The highest BCUT2D eigenvalue weighted by Gasteiger charge is 2.16. The minimum absolute atomic E-state index is 0.198. The number of rotatable bonds is 8. The van der Waals surface area contributed by atoms with Gasteiger partial charge in [0.05, 0.1) is 23.4 Å². The van der Waals surface area contributed by atoms with Gasteiger partial charge in [-0.15, -0.1) is 0 Å². The number of ether oxygens (including phenoxy) is 1. The zero-order valence-electron chi connectivity index (χ0n) is 19.6. The summed E-state index contributed by atoms with van der Waals surface area (Å²) < 4.78 is 13.1. The van der Waals surface area contributed by atoms with Gasteiger partial charge in [0.2, 0.25) is 0 Å². The maximum absolute atomic E-state index is 13.2. The van der Waals surface area contributed by atoms with Crippen LogP contribution in [0.15, 0.2) is 77.8 Å². The van der Waals surface area contributed by atoms with Gasteiger partial charge in [-0.2, -0.15) is 5.10 Å². The Labute approximate surface area is 202 Å². The van der Waals surface area contributed by atoms with Crippen molar-refractivity contribution in [2.45, 2.75) is 33.5 Å². The smallest absolute Gasteiger partial charge is 0.255 e. The van der Waals surface area contributed by atoms with E-state index in [0.717, 1.165) is 33.2 Å². The Morgan fingerprint density at radius 2 is 1.77 bits per heavy atom. The van der Waals surface area contributed by atoms with Gasteiger partial charge in [0, 0.05) is 6.54 Å². The molecule has 0 saturated carbocycles. The number of hydrogen-bond donors (Lipinski definition) is 1. The molecule has 0 fully saturated rings. The second kappa shape index (κ2) is 9.80. The third-order valence-electron chi connectivity index (χ3n) is 5.93. The molecule has 5 aromatic rings. The van der Waals surface area contributed by atoms with E-state index in [2.05, 4.69) is 20.6 Å². The van der Waals surface area contributed by atoms with Crippen LogP contribution in [0.4, 0.5) is 0 Å². The number of carbonyl (C=O) groups is 1. The third-order valence-corrected chi connectivity index (χ3v) is 5.93. The SMILES string of the molecule is Cc1noc(C)c1COc1cc2ccccc2cc1C(=O)NCc1ccc(Cn2cncn2)cc1. The van der Waals surface area contributed by atoms with Crippen LogP contribution in [0, 0.1) is 13.8 Å². The van der Waals surface area contributed by atoms with Crippen molar-refractivity contribution in [2.24, 2.45) is 0 Å². The Hall–Kier alpha value is -4.46. The van der Waals surface area contributed by atoms with Crippen molar-refractivity contribution in [3.05, 3.63) is 107 Å². The maximum atomic E-state index is 13.2. The molecule has 0 bridgehead atoms. The van der Waals surface area contributed by atoms with Crippen LogP contribution in [-0.4, -0.2) is 25.8 Å². The normalized spacial score (nSPS) is 11.0. The highest BCUT2D eigenvalue weighted by atomic mass is 16.5. The van der Waals surface area contributed by atoms with E-state index in [9.17, 15) is 4.79 Å². The molecule has 3 aromatic carbocycles. The molecular weight excluding hydrogens is 442 g/mol. The summed E-state index contributed by atoms with van der Waals surface area (Å²) in [5, 5.41) is 13.1. The molecule has 0 saturated heterocycles. The molecule has 0 atom stereocenters. The lowest BCUT2D eigenvalue weighted by atomic mass is 10.0. The van der Waals surface area contributed by atoms with Gasteiger partial charge in [-0.25, -0.2) is 9.67 Å². The van der Waals surface area contributed by atoms with Crippen LogP contribution >= 0.6 is 0 Å². The molecule has 0 radical (unpaired) electrons. The summed E-state index contributed by atoms with van der Waals surface area (Å²) in [4.78, 5) is 17.2. The Morgan fingerprint density at radius 1 is 1.03 bits per heavy atom. The fourth-order valence-electron chi connectivity index (χ4n) is 3.92. The van der Waals surface area contributed by atoms with E-state index < -0.39 is 0 Å². The van der Waals surface area contributed by atoms with E-state index in [1.807, 2.05) is 74.5 Å². The highest BCUT2D eigenvalue weighted by Crippen LogP contribution is 2.28. The molecule has 2 aromatic heterocycles. The molecule has 2 heterocycles. The van der Waals surface area contributed by atoms with E-state index >= 15 is 0 Å². The summed E-state index contributed by atoms with van der Waals surface area (Å²) in [6.45, 7) is 5.05. The van der Waals surface area contributed by atoms with Crippen LogP contribution in [0.5, 0.6) is 5.75 Å². The molecule has 0 aliphatic rings. The third kappa shape index (κ3) is 5.06. The lowest BCUT2D eigenvalue weighted by Gasteiger charge is -2.14. The maximum Gasteiger partial charge on any atom is 0.255 e. The van der Waals surface area contributed by atoms with Crippen molar-refractivity contribution in [1.29, 1.82) is 0 Å². The summed E-state index contributed by atoms with van der Waals surface area (Å²) in [6.07, 6.45) is 3.20. The average molecular weight is 468 g/mol. The summed E-state index contributed by atoms with van der Waals surface area (Å²) in [7, 11) is 0. The highest BCUT2D eigenvalue weighted by molar-refractivity contribution is 6.01. The fourth-order valence-corrected chi connectivity index (χ4v) is 3.92. The van der Waals surface area contributed by atoms with Crippen molar-refractivity contribution >= 4 is 16.7 Å². The Balaban J connectivity index is 1.32. The monoisotopic (exact) mass is 467 g/mol. The molecule has 1 N–H and O–H groups in total. The summed E-state index contributed by atoms with van der Waals surface area (Å²) in [5.41, 5.74) is 4.25. The Kier molecular flexibility index (Phi) is 6.26. The second-order valence-electron chi connectivity index (χ2n) is 8.38. The molecule has 0 spiro atoms. The van der Waals surface area contributed by atoms with Gasteiger partial charge in [-0.1, -0.05) is 53.7 Å². The quantitative estimate of drug-likeness (QED) is 0.359. The molecule has 8 heteroatoms. The van der Waals surface area contributed by atoms with Crippen molar-refractivity contribution < 1.29 is 14.1 Å². The minimum atomic E-state index is -0.198. The average Bonchev–Trinajstić information content (AvgIpc) is 3.50. The van der Waals surface area contributed by atoms with Crippen molar-refractivity contribution in [3.8, 4) is 5.75 Å².